The van der Waals surface area contributed by atoms with E-state index in [0.717, 1.165) is 18.4 Å². The topological polar surface area (TPSA) is 109 Å². The van der Waals surface area contributed by atoms with Crippen molar-refractivity contribution in [3.05, 3.63) is 27.9 Å². The maximum absolute atomic E-state index is 10.8. The van der Waals surface area contributed by atoms with Crippen LogP contribution in [0.1, 0.15) is 25.3 Å². The van der Waals surface area contributed by atoms with Crippen molar-refractivity contribution in [1.29, 1.82) is 0 Å². The summed E-state index contributed by atoms with van der Waals surface area (Å²) in [5.74, 6) is -0.165. The minimum atomic E-state index is -0.814. The number of hydrogen-bond donors (Lipinski definition) is 2. The van der Waals surface area contributed by atoms with E-state index in [2.05, 4.69) is 10.3 Å². The molecule has 0 spiro atoms. The highest BCUT2D eigenvalue weighted by Gasteiger charge is 2.34. The van der Waals surface area contributed by atoms with Crippen LogP contribution in [0.2, 0.25) is 0 Å². The summed E-state index contributed by atoms with van der Waals surface area (Å²) < 4.78 is 0. The monoisotopic (exact) mass is 308 g/mol. The van der Waals surface area contributed by atoms with Crippen molar-refractivity contribution in [1.82, 2.24) is 9.88 Å². The number of carboxylic acids is 1. The highest BCUT2D eigenvalue weighted by molar-refractivity contribution is 5.69. The van der Waals surface area contributed by atoms with Gasteiger partial charge in [-0.25, -0.2) is 4.98 Å². The van der Waals surface area contributed by atoms with E-state index in [4.69, 9.17) is 5.11 Å². The molecule has 2 N–H and O–H groups in total. The lowest BCUT2D eigenvalue weighted by molar-refractivity contribution is -0.385. The average Bonchev–Trinajstić information content (AvgIpc) is 2.41. The van der Waals surface area contributed by atoms with E-state index in [1.54, 1.807) is 6.92 Å². The Balaban J connectivity index is 1.90. The maximum atomic E-state index is 10.8. The van der Waals surface area contributed by atoms with E-state index in [1.807, 2.05) is 11.8 Å². The van der Waals surface area contributed by atoms with Crippen LogP contribution in [0.4, 0.5) is 11.5 Å². The predicted molar refractivity (Wildman–Crippen MR) is 80.9 cm³/mol. The summed E-state index contributed by atoms with van der Waals surface area (Å²) in [6.45, 7) is 4.49. The molecule has 8 nitrogen and oxygen atoms in total. The zero-order valence-corrected chi connectivity index (χ0v) is 12.7. The smallest absolute Gasteiger partial charge is 0.317 e. The summed E-state index contributed by atoms with van der Waals surface area (Å²) in [4.78, 5) is 27.1. The van der Waals surface area contributed by atoms with Crippen LogP contribution in [-0.4, -0.2) is 51.1 Å². The van der Waals surface area contributed by atoms with E-state index >= 15 is 0 Å². The molecule has 0 aromatic carbocycles. The number of nitro groups is 1. The molecule has 1 aliphatic rings. The van der Waals surface area contributed by atoms with Crippen LogP contribution in [0.15, 0.2) is 12.3 Å². The Hall–Kier alpha value is -2.22. The predicted octanol–water partition coefficient (Wildman–Crippen LogP) is 1.65. The van der Waals surface area contributed by atoms with Crippen LogP contribution in [0.5, 0.6) is 0 Å². The second-order valence-corrected chi connectivity index (χ2v) is 5.54. The molecule has 1 heterocycles. The molecule has 1 saturated carbocycles. The number of aliphatic carboxylic acids is 1. The largest absolute Gasteiger partial charge is 0.480 e. The van der Waals surface area contributed by atoms with Gasteiger partial charge in [0, 0.05) is 18.2 Å². The fourth-order valence-corrected chi connectivity index (χ4v) is 2.68. The average molecular weight is 308 g/mol. The van der Waals surface area contributed by atoms with Crippen LogP contribution < -0.4 is 5.32 Å². The molecule has 0 amide bonds. The molecule has 8 heteroatoms. The van der Waals surface area contributed by atoms with Gasteiger partial charge in [0.05, 0.1) is 11.5 Å². The lowest BCUT2D eigenvalue weighted by atomic mass is 9.85. The molecular weight excluding hydrogens is 288 g/mol. The van der Waals surface area contributed by atoms with Crippen LogP contribution in [0.3, 0.4) is 0 Å². The van der Waals surface area contributed by atoms with Crippen LogP contribution in [0.25, 0.3) is 0 Å². The molecular formula is C14H20N4O4. The summed E-state index contributed by atoms with van der Waals surface area (Å²) in [6, 6.07) is 1.98. The zero-order chi connectivity index (χ0) is 16.3. The van der Waals surface area contributed by atoms with Crippen LogP contribution >= 0.6 is 0 Å². The van der Waals surface area contributed by atoms with Crippen molar-refractivity contribution < 1.29 is 14.8 Å². The van der Waals surface area contributed by atoms with Crippen LogP contribution in [-0.2, 0) is 4.79 Å². The Bertz CT molecular complexity index is 572. The SMILES string of the molecule is CCN(CC(=O)O)C1CC(Nc2ncc([N+](=O)[O-])cc2C)C1. The lowest BCUT2D eigenvalue weighted by Crippen LogP contribution is -2.51. The Kier molecular flexibility index (Phi) is 4.92. The summed E-state index contributed by atoms with van der Waals surface area (Å²) in [6.07, 6.45) is 2.94. The molecule has 1 fully saturated rings. The van der Waals surface area contributed by atoms with Crippen molar-refractivity contribution in [2.45, 2.75) is 38.8 Å². The Morgan fingerprint density at radius 3 is 2.77 bits per heavy atom. The van der Waals surface area contributed by atoms with Gasteiger partial charge < -0.3 is 10.4 Å². The molecule has 0 aliphatic heterocycles. The van der Waals surface area contributed by atoms with Gasteiger partial charge in [0.15, 0.2) is 0 Å². The van der Waals surface area contributed by atoms with Gasteiger partial charge in [0.25, 0.3) is 5.69 Å². The van der Waals surface area contributed by atoms with Gasteiger partial charge in [-0.1, -0.05) is 6.92 Å². The molecule has 1 aromatic rings. The molecule has 22 heavy (non-hydrogen) atoms. The number of hydrogen-bond acceptors (Lipinski definition) is 6. The standard InChI is InChI=1S/C14H20N4O4/c1-3-17(8-13(19)20)11-5-10(6-11)16-14-9(2)4-12(7-15-14)18(21)22/h4,7,10-11H,3,5-6,8H2,1-2H3,(H,15,16)(H,19,20). The van der Waals surface area contributed by atoms with Crippen molar-refractivity contribution in [2.75, 3.05) is 18.4 Å². The van der Waals surface area contributed by atoms with Gasteiger partial charge in [-0.3, -0.25) is 19.8 Å². The third-order valence-corrected chi connectivity index (χ3v) is 3.99. The third kappa shape index (κ3) is 3.70. The number of aromatic nitrogens is 1. The lowest BCUT2D eigenvalue weighted by Gasteiger charge is -2.42. The van der Waals surface area contributed by atoms with Crippen molar-refractivity contribution in [3.63, 3.8) is 0 Å². The first-order valence-corrected chi connectivity index (χ1v) is 7.24. The normalized spacial score (nSPS) is 20.5. The summed E-state index contributed by atoms with van der Waals surface area (Å²) >= 11 is 0. The summed E-state index contributed by atoms with van der Waals surface area (Å²) in [7, 11) is 0. The molecule has 2 rings (SSSR count). The molecule has 0 atom stereocenters. The quantitative estimate of drug-likeness (QED) is 0.582. The van der Waals surface area contributed by atoms with Gasteiger partial charge in [-0.15, -0.1) is 0 Å². The number of nitrogens with zero attached hydrogens (tertiary/aromatic N) is 3. The first-order chi connectivity index (χ1) is 10.4. The number of rotatable bonds is 7. The van der Waals surface area contributed by atoms with E-state index in [1.165, 1.54) is 12.3 Å². The Morgan fingerprint density at radius 2 is 2.27 bits per heavy atom. The van der Waals surface area contributed by atoms with E-state index in [0.29, 0.717) is 12.4 Å². The minimum Gasteiger partial charge on any atom is -0.480 e. The Morgan fingerprint density at radius 1 is 1.59 bits per heavy atom. The number of carbonyl (C=O) groups is 1. The number of aryl methyl sites for hydroxylation is 1. The van der Waals surface area contributed by atoms with E-state index in [-0.39, 0.29) is 24.3 Å². The summed E-state index contributed by atoms with van der Waals surface area (Å²) in [5, 5.41) is 22.8. The second kappa shape index (κ2) is 6.69. The molecule has 0 bridgehead atoms. The van der Waals surface area contributed by atoms with Crippen molar-refractivity contribution >= 4 is 17.5 Å². The number of nitrogens with one attached hydrogen (secondary N) is 1. The number of anilines is 1. The maximum Gasteiger partial charge on any atom is 0.317 e. The molecule has 120 valence electrons. The van der Waals surface area contributed by atoms with Gasteiger partial charge >= 0.3 is 5.97 Å². The van der Waals surface area contributed by atoms with Gasteiger partial charge in [0.2, 0.25) is 0 Å². The third-order valence-electron chi connectivity index (χ3n) is 3.99. The zero-order valence-electron chi connectivity index (χ0n) is 12.7. The first-order valence-electron chi connectivity index (χ1n) is 7.24. The number of pyridine rings is 1. The molecule has 1 aromatic heterocycles. The highest BCUT2D eigenvalue weighted by atomic mass is 16.6. The second-order valence-electron chi connectivity index (χ2n) is 5.54. The van der Waals surface area contributed by atoms with Gasteiger partial charge in [0.1, 0.15) is 12.0 Å². The fraction of sp³-hybridized carbons (Fsp3) is 0.571. The summed E-state index contributed by atoms with van der Waals surface area (Å²) in [5.41, 5.74) is 0.712. The minimum absolute atomic E-state index is 0.0202. The van der Waals surface area contributed by atoms with E-state index in [9.17, 15) is 14.9 Å². The van der Waals surface area contributed by atoms with Gasteiger partial charge in [-0.2, -0.15) is 0 Å². The van der Waals surface area contributed by atoms with Gasteiger partial charge in [-0.05, 0) is 31.9 Å². The highest BCUT2D eigenvalue weighted by Crippen LogP contribution is 2.29. The molecule has 0 saturated heterocycles. The number of carboxylic acid groups (broad SMARTS) is 1. The first kappa shape index (κ1) is 16.2. The number of likely N-dealkylation sites (N-methyl/N-ethyl adjacent to an activating group) is 1. The van der Waals surface area contributed by atoms with Crippen molar-refractivity contribution in [2.24, 2.45) is 0 Å². The molecule has 0 radical (unpaired) electrons. The molecule has 0 unspecified atom stereocenters. The van der Waals surface area contributed by atoms with E-state index < -0.39 is 10.9 Å². The van der Waals surface area contributed by atoms with Crippen molar-refractivity contribution in [3.8, 4) is 0 Å². The molecule has 1 aliphatic carbocycles. The Labute approximate surface area is 128 Å². The fourth-order valence-electron chi connectivity index (χ4n) is 2.68. The van der Waals surface area contributed by atoms with Crippen LogP contribution in [0, 0.1) is 17.0 Å².